The third-order valence-electron chi connectivity index (χ3n) is 8.05. The van der Waals surface area contributed by atoms with Gasteiger partial charge in [-0.05, 0) is 96.4 Å². The van der Waals surface area contributed by atoms with Crippen LogP contribution in [-0.4, -0.2) is 44.4 Å². The molecular weight excluding hydrogens is 835 g/mol. The van der Waals surface area contributed by atoms with Crippen molar-refractivity contribution in [1.29, 1.82) is 0 Å². The van der Waals surface area contributed by atoms with Crippen molar-refractivity contribution in [3.8, 4) is 5.75 Å². The SMILES string of the molecule is Nc1ccc(N=Nc2ccc(NS(=O)(=O)c3ccc(N=Nc4c(S(=O)(=O)O)cc5cc(S(=O)(=O)O)c(N=Nc6ccc([N+](=O)[O-])cc6)c(O)c5c4N)cc3)cc2)c(N)c1. The average Bonchev–Trinajstić information content (AvgIpc) is 3.16. The molecule has 0 aromatic heterocycles. The zero-order chi connectivity index (χ0) is 42.9. The van der Waals surface area contributed by atoms with Crippen LogP contribution in [0.4, 0.5) is 62.6 Å². The Kier molecular flexibility index (Phi) is 11.1. The molecule has 10 N–H and O–H groups in total. The summed E-state index contributed by atoms with van der Waals surface area (Å²) in [7, 11) is -14.5. The molecular formula is C34H27N11O11S3. The van der Waals surface area contributed by atoms with Crippen LogP contribution in [0.3, 0.4) is 0 Å². The smallest absolute Gasteiger partial charge is 0.296 e. The summed E-state index contributed by atoms with van der Waals surface area (Å²) in [5, 5.41) is 44.7. The van der Waals surface area contributed by atoms with E-state index in [0.29, 0.717) is 34.9 Å². The third kappa shape index (κ3) is 9.24. The third-order valence-corrected chi connectivity index (χ3v) is 11.2. The summed E-state index contributed by atoms with van der Waals surface area (Å²) in [6.07, 6.45) is 0. The first-order valence-corrected chi connectivity index (χ1v) is 20.5. The summed E-state index contributed by atoms with van der Waals surface area (Å²) in [6, 6.07) is 21.3. The maximum absolute atomic E-state index is 13.1. The molecule has 25 heteroatoms. The van der Waals surface area contributed by atoms with Crippen molar-refractivity contribution >= 4 is 104 Å². The molecule has 0 saturated heterocycles. The lowest BCUT2D eigenvalue weighted by molar-refractivity contribution is -0.384. The number of aromatic hydroxyl groups is 1. The number of phenolic OH excluding ortho intramolecular Hbond substituents is 1. The van der Waals surface area contributed by atoms with Crippen molar-refractivity contribution in [2.45, 2.75) is 14.7 Å². The lowest BCUT2D eigenvalue weighted by Gasteiger charge is -2.14. The fourth-order valence-corrected chi connectivity index (χ4v) is 7.63. The fraction of sp³-hybridized carbons (Fsp3) is 0. The van der Waals surface area contributed by atoms with Crippen molar-refractivity contribution in [2.24, 2.45) is 30.7 Å². The molecule has 0 heterocycles. The molecule has 0 unspecified atom stereocenters. The van der Waals surface area contributed by atoms with Gasteiger partial charge in [-0.3, -0.25) is 23.9 Å². The van der Waals surface area contributed by atoms with E-state index in [2.05, 4.69) is 35.4 Å². The van der Waals surface area contributed by atoms with Gasteiger partial charge in [-0.15, -0.1) is 15.3 Å². The summed E-state index contributed by atoms with van der Waals surface area (Å²) in [5.74, 6) is -1.03. The van der Waals surface area contributed by atoms with E-state index in [0.717, 1.165) is 36.4 Å². The van der Waals surface area contributed by atoms with Crippen LogP contribution in [0.5, 0.6) is 5.75 Å². The van der Waals surface area contributed by atoms with Crippen LogP contribution in [0.25, 0.3) is 10.8 Å². The number of rotatable bonds is 12. The van der Waals surface area contributed by atoms with E-state index in [1.165, 1.54) is 42.5 Å². The van der Waals surface area contributed by atoms with Crippen LogP contribution in [0.15, 0.2) is 149 Å². The second-order valence-corrected chi connectivity index (χ2v) is 16.6. The molecule has 0 amide bonds. The quantitative estimate of drug-likeness (QED) is 0.0203. The predicted molar refractivity (Wildman–Crippen MR) is 214 cm³/mol. The van der Waals surface area contributed by atoms with Crippen molar-refractivity contribution in [3.05, 3.63) is 113 Å². The van der Waals surface area contributed by atoms with E-state index in [4.69, 9.17) is 17.2 Å². The number of nitrogens with one attached hydrogen (secondary N) is 1. The molecule has 302 valence electrons. The normalized spacial score (nSPS) is 12.5. The Morgan fingerprint density at radius 2 is 1.10 bits per heavy atom. The Morgan fingerprint density at radius 1 is 0.610 bits per heavy atom. The van der Waals surface area contributed by atoms with E-state index in [9.17, 15) is 49.6 Å². The molecule has 22 nitrogen and oxygen atoms in total. The fourth-order valence-electron chi connectivity index (χ4n) is 5.24. The number of anilines is 4. The van der Waals surface area contributed by atoms with E-state index in [-0.39, 0.29) is 27.6 Å². The molecule has 0 aliphatic heterocycles. The highest BCUT2D eigenvalue weighted by molar-refractivity contribution is 7.92. The standard InChI is InChI=1S/C34H27N11O11S3/c35-19-1-14-27(26(36)17-19)41-38-20-2-4-23(5-3-20)44-57(49,50)25-12-8-22(9-13-25)39-42-32-28(58(51,52)53)15-18-16-29(59(54,55)56)33(34(46)30(18)31(32)37)43-40-21-6-10-24(11-7-21)45(47)48/h1-17,44,46H,35-37H2,(H,51,52,53)(H,54,55,56). The van der Waals surface area contributed by atoms with Gasteiger partial charge in [-0.2, -0.15) is 32.2 Å². The van der Waals surface area contributed by atoms with E-state index in [1.807, 2.05) is 0 Å². The van der Waals surface area contributed by atoms with Gasteiger partial charge in [0.05, 0.1) is 43.6 Å². The Morgan fingerprint density at radius 3 is 1.63 bits per heavy atom. The summed E-state index contributed by atoms with van der Waals surface area (Å²) in [5.41, 5.74) is 16.9. The van der Waals surface area contributed by atoms with Gasteiger partial charge in [0.2, 0.25) is 0 Å². The minimum absolute atomic E-state index is 0.0365. The van der Waals surface area contributed by atoms with E-state index in [1.54, 1.807) is 12.1 Å². The molecule has 0 aliphatic rings. The minimum atomic E-state index is -5.19. The maximum Gasteiger partial charge on any atom is 0.296 e. The predicted octanol–water partition coefficient (Wildman–Crippen LogP) is 7.74. The van der Waals surface area contributed by atoms with Crippen LogP contribution in [-0.2, 0) is 30.3 Å². The molecule has 59 heavy (non-hydrogen) atoms. The number of nitro benzene ring substituents is 1. The number of phenols is 1. The Labute approximate surface area is 333 Å². The van der Waals surface area contributed by atoms with Gasteiger partial charge in [0.15, 0.2) is 5.75 Å². The molecule has 0 saturated carbocycles. The first-order valence-electron chi connectivity index (χ1n) is 16.2. The highest BCUT2D eigenvalue weighted by atomic mass is 32.2. The first-order chi connectivity index (χ1) is 27.7. The number of fused-ring (bicyclic) bond motifs is 1. The van der Waals surface area contributed by atoms with Gasteiger partial charge in [0.25, 0.3) is 35.9 Å². The average molecular weight is 862 g/mol. The number of nitro groups is 1. The number of nitrogens with two attached hydrogens (primary N) is 3. The Balaban J connectivity index is 1.29. The number of nitrogen functional groups attached to an aromatic ring is 3. The molecule has 6 aromatic rings. The number of azo groups is 3. The van der Waals surface area contributed by atoms with Gasteiger partial charge in [-0.25, -0.2) is 8.42 Å². The minimum Gasteiger partial charge on any atom is -0.505 e. The van der Waals surface area contributed by atoms with Crippen LogP contribution in [0.1, 0.15) is 0 Å². The van der Waals surface area contributed by atoms with Crippen LogP contribution in [0.2, 0.25) is 0 Å². The molecule has 0 radical (unpaired) electrons. The maximum atomic E-state index is 13.1. The topological polar surface area (TPSA) is 370 Å². The second-order valence-electron chi connectivity index (χ2n) is 12.1. The Hall–Kier alpha value is -7.45. The summed E-state index contributed by atoms with van der Waals surface area (Å²) < 4.78 is 98.2. The molecule has 0 fully saturated rings. The van der Waals surface area contributed by atoms with Gasteiger partial charge < -0.3 is 22.3 Å². The largest absolute Gasteiger partial charge is 0.505 e. The lowest BCUT2D eigenvalue weighted by Crippen LogP contribution is -2.12. The van der Waals surface area contributed by atoms with Crippen LogP contribution in [0, 0.1) is 10.1 Å². The van der Waals surface area contributed by atoms with Gasteiger partial charge in [-0.1, -0.05) is 0 Å². The van der Waals surface area contributed by atoms with Crippen LogP contribution < -0.4 is 21.9 Å². The van der Waals surface area contributed by atoms with Crippen molar-refractivity contribution in [2.75, 3.05) is 21.9 Å². The molecule has 0 bridgehead atoms. The van der Waals surface area contributed by atoms with Crippen LogP contribution >= 0.6 is 0 Å². The number of hydrogen-bond donors (Lipinski definition) is 7. The number of non-ortho nitro benzene ring substituents is 1. The number of nitrogens with zero attached hydrogens (tertiary/aromatic N) is 7. The summed E-state index contributed by atoms with van der Waals surface area (Å²) >= 11 is 0. The molecule has 6 rings (SSSR count). The second kappa shape index (κ2) is 15.8. The molecule has 0 atom stereocenters. The molecule has 0 spiro atoms. The summed E-state index contributed by atoms with van der Waals surface area (Å²) in [6.45, 7) is 0. The van der Waals surface area contributed by atoms with Crippen molar-refractivity contribution in [3.63, 3.8) is 0 Å². The number of hydrogen-bond acceptors (Lipinski definition) is 18. The van der Waals surface area contributed by atoms with Gasteiger partial charge in [0, 0.05) is 23.5 Å². The van der Waals surface area contributed by atoms with Crippen molar-refractivity contribution in [1.82, 2.24) is 0 Å². The lowest BCUT2D eigenvalue weighted by atomic mass is 10.1. The van der Waals surface area contributed by atoms with E-state index < -0.39 is 78.6 Å². The molecule has 0 aliphatic carbocycles. The highest BCUT2D eigenvalue weighted by Gasteiger charge is 2.28. The molecule has 6 aromatic carbocycles. The first kappa shape index (κ1) is 41.2. The number of sulfonamides is 1. The van der Waals surface area contributed by atoms with E-state index >= 15 is 0 Å². The number of benzene rings is 6. The summed E-state index contributed by atoms with van der Waals surface area (Å²) in [4.78, 5) is 8.04. The highest BCUT2D eigenvalue weighted by Crippen LogP contribution is 2.48. The zero-order valence-corrected chi connectivity index (χ0v) is 32.0. The zero-order valence-electron chi connectivity index (χ0n) is 29.5. The Bertz CT molecular complexity index is 3090. The monoisotopic (exact) mass is 861 g/mol. The van der Waals surface area contributed by atoms with Gasteiger partial charge in [0.1, 0.15) is 26.9 Å². The van der Waals surface area contributed by atoms with Gasteiger partial charge >= 0.3 is 0 Å². The van der Waals surface area contributed by atoms with Crippen molar-refractivity contribution < 1.29 is 44.4 Å².